The molecule has 0 radical (unpaired) electrons. The summed E-state index contributed by atoms with van der Waals surface area (Å²) in [6.07, 6.45) is -2.98. The number of rotatable bonds is 5. The minimum Gasteiger partial charge on any atom is -0.360 e. The molecule has 33 heavy (non-hydrogen) atoms. The number of hydrogen-bond donors (Lipinski definition) is 3. The fraction of sp³-hybridized carbons (Fsp3) is 0.364. The Labute approximate surface area is 193 Å². The Bertz CT molecular complexity index is 1140. The summed E-state index contributed by atoms with van der Waals surface area (Å²) < 4.78 is 45.6. The van der Waals surface area contributed by atoms with Gasteiger partial charge in [0.25, 0.3) is 5.91 Å². The van der Waals surface area contributed by atoms with E-state index in [-0.39, 0.29) is 27.8 Å². The van der Waals surface area contributed by atoms with Crippen LogP contribution in [0.15, 0.2) is 18.2 Å². The first kappa shape index (κ1) is 24.5. The lowest BCUT2D eigenvalue weighted by Crippen LogP contribution is -2.30. The smallest absolute Gasteiger partial charge is 0.360 e. The first-order chi connectivity index (χ1) is 15.5. The summed E-state index contributed by atoms with van der Waals surface area (Å²) in [5, 5.41) is 22.1. The monoisotopic (exact) mass is 479 g/mol. The van der Waals surface area contributed by atoms with Gasteiger partial charge in [-0.2, -0.15) is 18.4 Å². The average Bonchev–Trinajstić information content (AvgIpc) is 2.77. The van der Waals surface area contributed by atoms with Crippen LogP contribution >= 0.6 is 11.6 Å². The second kappa shape index (κ2) is 9.77. The van der Waals surface area contributed by atoms with Crippen LogP contribution in [0.2, 0.25) is 5.15 Å². The number of hydrogen-bond acceptors (Lipinski definition) is 6. The van der Waals surface area contributed by atoms with E-state index < -0.39 is 29.6 Å². The predicted molar refractivity (Wildman–Crippen MR) is 118 cm³/mol. The number of nitrogens with zero attached hydrogens (tertiary/aromatic N) is 2. The van der Waals surface area contributed by atoms with E-state index in [9.17, 15) is 23.2 Å². The lowest BCUT2D eigenvalue weighted by molar-refractivity contribution is -0.0587. The summed E-state index contributed by atoms with van der Waals surface area (Å²) in [6.45, 7) is 3.71. The first-order valence-electron chi connectivity index (χ1n) is 10.1. The second-order valence-corrected chi connectivity index (χ2v) is 7.93. The van der Waals surface area contributed by atoms with Crippen molar-refractivity contribution in [3.8, 4) is 6.07 Å². The molecule has 11 heteroatoms. The number of nitriles is 1. The van der Waals surface area contributed by atoms with Gasteiger partial charge in [0.05, 0.1) is 5.56 Å². The predicted octanol–water partition coefficient (Wildman–Crippen LogP) is 5.34. The van der Waals surface area contributed by atoms with Crippen LogP contribution in [0.4, 0.5) is 24.5 Å². The van der Waals surface area contributed by atoms with E-state index in [0.29, 0.717) is 24.2 Å². The number of halogens is 4. The van der Waals surface area contributed by atoms with Crippen LogP contribution in [0.25, 0.3) is 0 Å². The molecule has 0 aliphatic carbocycles. The van der Waals surface area contributed by atoms with E-state index in [1.54, 1.807) is 13.8 Å². The third-order valence-corrected chi connectivity index (χ3v) is 5.64. The molecule has 2 heterocycles. The van der Waals surface area contributed by atoms with E-state index in [1.807, 2.05) is 6.07 Å². The van der Waals surface area contributed by atoms with Gasteiger partial charge in [0.15, 0.2) is 0 Å². The van der Waals surface area contributed by atoms with Gasteiger partial charge in [-0.3, -0.25) is 10.2 Å². The molecule has 0 spiro atoms. The Hall–Kier alpha value is -3.16. The fourth-order valence-corrected chi connectivity index (χ4v) is 3.70. The maximum atomic E-state index is 13.3. The molecule has 1 amide bonds. The summed E-state index contributed by atoms with van der Waals surface area (Å²) in [5.41, 5.74) is -0.865. The number of carbonyl (C=O) groups is 1. The van der Waals surface area contributed by atoms with Crippen molar-refractivity contribution in [1.82, 2.24) is 4.98 Å². The topological polar surface area (TPSA) is 111 Å². The van der Waals surface area contributed by atoms with Crippen molar-refractivity contribution in [2.75, 3.05) is 17.2 Å². The molecule has 7 nitrogen and oxygen atoms in total. The summed E-state index contributed by atoms with van der Waals surface area (Å²) in [6, 6.07) is 5.78. The number of carbonyl (C=O) groups excluding carboxylic acids is 1. The van der Waals surface area contributed by atoms with Gasteiger partial charge in [0.1, 0.15) is 28.9 Å². The van der Waals surface area contributed by atoms with Gasteiger partial charge in [-0.05, 0) is 62.4 Å². The van der Waals surface area contributed by atoms with Gasteiger partial charge < -0.3 is 15.4 Å². The van der Waals surface area contributed by atoms with Gasteiger partial charge in [-0.1, -0.05) is 11.6 Å². The molecule has 0 saturated carbocycles. The summed E-state index contributed by atoms with van der Waals surface area (Å²) in [7, 11) is 0. The number of alkyl halides is 3. The highest BCUT2D eigenvalue weighted by atomic mass is 35.5. The minimum absolute atomic E-state index is 0.0402. The highest BCUT2D eigenvalue weighted by Gasteiger charge is 2.37. The summed E-state index contributed by atoms with van der Waals surface area (Å²) in [4.78, 5) is 16.8. The lowest BCUT2D eigenvalue weighted by Gasteiger charge is -2.26. The van der Waals surface area contributed by atoms with Gasteiger partial charge >= 0.3 is 6.18 Å². The van der Waals surface area contributed by atoms with Crippen LogP contribution in [0.3, 0.4) is 0 Å². The largest absolute Gasteiger partial charge is 0.433 e. The second-order valence-electron chi connectivity index (χ2n) is 7.57. The molecule has 1 aromatic heterocycles. The molecule has 0 bridgehead atoms. The molecule has 174 valence electrons. The van der Waals surface area contributed by atoms with Gasteiger partial charge in [-0.25, -0.2) is 4.98 Å². The molecule has 1 unspecified atom stereocenters. The number of aromatic nitrogens is 1. The van der Waals surface area contributed by atoms with E-state index in [1.165, 1.54) is 12.1 Å². The van der Waals surface area contributed by atoms with Crippen LogP contribution in [0, 0.1) is 30.6 Å². The van der Waals surface area contributed by atoms with Gasteiger partial charge in [-0.15, -0.1) is 0 Å². The van der Waals surface area contributed by atoms with Crippen molar-refractivity contribution < 1.29 is 22.7 Å². The Morgan fingerprint density at radius 1 is 1.30 bits per heavy atom. The number of amides is 1. The van der Waals surface area contributed by atoms with Crippen molar-refractivity contribution in [1.29, 1.82) is 10.7 Å². The third kappa shape index (κ3) is 5.43. The molecule has 3 rings (SSSR count). The minimum atomic E-state index is -4.89. The van der Waals surface area contributed by atoms with Crippen LogP contribution in [-0.4, -0.2) is 35.6 Å². The molecule has 1 saturated heterocycles. The summed E-state index contributed by atoms with van der Waals surface area (Å²) >= 11 is 6.00. The maximum Gasteiger partial charge on any atom is 0.433 e. The normalized spacial score (nSPS) is 16.1. The summed E-state index contributed by atoms with van der Waals surface area (Å²) in [5.74, 6) is -0.706. The van der Waals surface area contributed by atoms with Crippen molar-refractivity contribution in [3.63, 3.8) is 0 Å². The van der Waals surface area contributed by atoms with E-state index in [0.717, 1.165) is 18.9 Å². The quantitative estimate of drug-likeness (QED) is 0.395. The molecule has 2 aromatic rings. The maximum absolute atomic E-state index is 13.3. The van der Waals surface area contributed by atoms with Crippen molar-refractivity contribution in [3.05, 3.63) is 51.3 Å². The molecule has 3 N–H and O–H groups in total. The van der Waals surface area contributed by atoms with Crippen LogP contribution in [0.5, 0.6) is 0 Å². The third-order valence-electron chi connectivity index (χ3n) is 5.36. The zero-order valence-corrected chi connectivity index (χ0v) is 18.6. The van der Waals surface area contributed by atoms with E-state index in [2.05, 4.69) is 15.6 Å². The number of benzene rings is 1. The fourth-order valence-electron chi connectivity index (χ4n) is 3.43. The molecular weight excluding hydrogens is 459 g/mol. The van der Waals surface area contributed by atoms with Crippen LogP contribution < -0.4 is 10.6 Å². The number of pyridine rings is 1. The van der Waals surface area contributed by atoms with Crippen molar-refractivity contribution >= 4 is 34.6 Å². The van der Waals surface area contributed by atoms with E-state index >= 15 is 0 Å². The lowest BCUT2D eigenvalue weighted by atomic mass is 10.0. The highest BCUT2D eigenvalue weighted by molar-refractivity contribution is 6.31. The molecule has 1 atom stereocenters. The molecular formula is C22H21ClF3N5O2. The zero-order valence-electron chi connectivity index (χ0n) is 17.9. The Kier molecular flexibility index (Phi) is 7.25. The Balaban J connectivity index is 1.93. The standard InChI is InChI=1S/C22H21ClF3N5O2/c1-11-12(2)18(31-20(23)15(11)10-27)21(32)29-13-6-7-16(30-17-5-3-4-8-33-17)14(9-13)19(28)22(24,25)26/h6-7,9,17,28,30H,3-5,8H2,1-2H3,(H,29,32). The van der Waals surface area contributed by atoms with Gasteiger partial charge in [0, 0.05) is 23.5 Å². The van der Waals surface area contributed by atoms with Crippen molar-refractivity contribution in [2.45, 2.75) is 45.5 Å². The van der Waals surface area contributed by atoms with Crippen LogP contribution in [-0.2, 0) is 4.74 Å². The van der Waals surface area contributed by atoms with Gasteiger partial charge in [0.2, 0.25) is 0 Å². The molecule has 1 fully saturated rings. The first-order valence-corrected chi connectivity index (χ1v) is 10.5. The Morgan fingerprint density at radius 2 is 2.03 bits per heavy atom. The van der Waals surface area contributed by atoms with Crippen LogP contribution in [0.1, 0.15) is 52.0 Å². The Morgan fingerprint density at radius 3 is 2.64 bits per heavy atom. The zero-order chi connectivity index (χ0) is 24.3. The molecule has 1 aliphatic heterocycles. The SMILES string of the molecule is Cc1c(C(=O)Nc2ccc(NC3CCCCO3)c(C(=N)C(F)(F)F)c2)nc(Cl)c(C#N)c1C. The van der Waals surface area contributed by atoms with E-state index in [4.69, 9.17) is 21.7 Å². The molecule has 1 aromatic carbocycles. The molecule has 1 aliphatic rings. The number of nitrogens with one attached hydrogen (secondary N) is 3. The highest BCUT2D eigenvalue weighted by Crippen LogP contribution is 2.31. The number of anilines is 2. The average molecular weight is 480 g/mol. The van der Waals surface area contributed by atoms with Crippen molar-refractivity contribution in [2.24, 2.45) is 0 Å². The number of ether oxygens (including phenoxy) is 1.